The van der Waals surface area contributed by atoms with Crippen LogP contribution >= 0.6 is 0 Å². The number of carbonyl (C=O) groups is 2. The van der Waals surface area contributed by atoms with Crippen molar-refractivity contribution >= 4 is 11.9 Å². The Morgan fingerprint density at radius 2 is 2.06 bits per heavy atom. The summed E-state index contributed by atoms with van der Waals surface area (Å²) in [6.45, 7) is 2.70. The van der Waals surface area contributed by atoms with E-state index in [0.29, 0.717) is 25.1 Å². The number of benzene rings is 1. The van der Waals surface area contributed by atoms with Crippen LogP contribution in [0, 0.1) is 0 Å². The van der Waals surface area contributed by atoms with Gasteiger partial charge in [-0.2, -0.15) is 0 Å². The fraction of sp³-hybridized carbons (Fsp3) is 0.429. The SMILES string of the molecule is CCOC(=O)N1CCCC1C(=O)c1ccccc1. The highest BCUT2D eigenvalue weighted by molar-refractivity contribution is 6.01. The van der Waals surface area contributed by atoms with Gasteiger partial charge >= 0.3 is 6.09 Å². The standard InChI is InChI=1S/C14H17NO3/c1-2-18-14(17)15-10-6-9-12(15)13(16)11-7-4-3-5-8-11/h3-5,7-8,12H,2,6,9-10H2,1H3. The zero-order valence-electron chi connectivity index (χ0n) is 10.5. The molecule has 1 atom stereocenters. The highest BCUT2D eigenvalue weighted by Gasteiger charge is 2.35. The average molecular weight is 247 g/mol. The Morgan fingerprint density at radius 3 is 2.72 bits per heavy atom. The molecule has 0 bridgehead atoms. The summed E-state index contributed by atoms with van der Waals surface area (Å²) in [5, 5.41) is 0. The molecule has 1 aromatic rings. The molecule has 1 aliphatic heterocycles. The summed E-state index contributed by atoms with van der Waals surface area (Å²) in [5.74, 6) is 0.00107. The van der Waals surface area contributed by atoms with Gasteiger partial charge in [0.1, 0.15) is 0 Å². The Balaban J connectivity index is 2.12. The van der Waals surface area contributed by atoms with Crippen molar-refractivity contribution in [3.05, 3.63) is 35.9 Å². The van der Waals surface area contributed by atoms with Gasteiger partial charge in [-0.1, -0.05) is 30.3 Å². The molecule has 1 saturated heterocycles. The smallest absolute Gasteiger partial charge is 0.410 e. The lowest BCUT2D eigenvalue weighted by molar-refractivity contribution is 0.0775. The molecule has 1 unspecified atom stereocenters. The maximum absolute atomic E-state index is 12.3. The first-order chi connectivity index (χ1) is 8.74. The fourth-order valence-electron chi connectivity index (χ4n) is 2.26. The Labute approximate surface area is 107 Å². The zero-order chi connectivity index (χ0) is 13.0. The van der Waals surface area contributed by atoms with E-state index in [2.05, 4.69) is 0 Å². The summed E-state index contributed by atoms with van der Waals surface area (Å²) in [6.07, 6.45) is 1.18. The second kappa shape index (κ2) is 5.67. The molecule has 96 valence electrons. The van der Waals surface area contributed by atoms with Crippen molar-refractivity contribution in [3.63, 3.8) is 0 Å². The molecular formula is C14H17NO3. The summed E-state index contributed by atoms with van der Waals surface area (Å²) >= 11 is 0. The van der Waals surface area contributed by atoms with Crippen LogP contribution in [0.2, 0.25) is 0 Å². The molecular weight excluding hydrogens is 230 g/mol. The van der Waals surface area contributed by atoms with Gasteiger partial charge in [-0.25, -0.2) is 4.79 Å². The first kappa shape index (κ1) is 12.6. The van der Waals surface area contributed by atoms with Crippen molar-refractivity contribution in [1.29, 1.82) is 0 Å². The van der Waals surface area contributed by atoms with Crippen LogP contribution < -0.4 is 0 Å². The highest BCUT2D eigenvalue weighted by atomic mass is 16.6. The van der Waals surface area contributed by atoms with Crippen molar-refractivity contribution in [2.75, 3.05) is 13.2 Å². The molecule has 0 aromatic heterocycles. The minimum atomic E-state index is -0.385. The van der Waals surface area contributed by atoms with Gasteiger partial charge < -0.3 is 4.74 Å². The highest BCUT2D eigenvalue weighted by Crippen LogP contribution is 2.22. The fourth-order valence-corrected chi connectivity index (χ4v) is 2.26. The molecule has 2 rings (SSSR count). The summed E-state index contributed by atoms with van der Waals surface area (Å²) < 4.78 is 4.98. The predicted octanol–water partition coefficient (Wildman–Crippen LogP) is 2.49. The topological polar surface area (TPSA) is 46.6 Å². The number of likely N-dealkylation sites (tertiary alicyclic amines) is 1. The van der Waals surface area contributed by atoms with Crippen LogP contribution in [0.1, 0.15) is 30.1 Å². The summed E-state index contributed by atoms with van der Waals surface area (Å²) in [7, 11) is 0. The Bertz CT molecular complexity index is 430. The number of carbonyl (C=O) groups excluding carboxylic acids is 2. The van der Waals surface area contributed by atoms with Crippen LogP contribution in [0.4, 0.5) is 4.79 Å². The first-order valence-corrected chi connectivity index (χ1v) is 6.26. The number of ether oxygens (including phenoxy) is 1. The normalized spacial score (nSPS) is 18.7. The van der Waals surface area contributed by atoms with Crippen LogP contribution in [-0.4, -0.2) is 36.0 Å². The molecule has 0 spiro atoms. The van der Waals surface area contributed by atoms with E-state index in [1.807, 2.05) is 18.2 Å². The lowest BCUT2D eigenvalue weighted by atomic mass is 10.0. The molecule has 1 amide bonds. The van der Waals surface area contributed by atoms with Gasteiger partial charge in [0.2, 0.25) is 0 Å². The van der Waals surface area contributed by atoms with Crippen molar-refractivity contribution in [3.8, 4) is 0 Å². The third-order valence-corrected chi connectivity index (χ3v) is 3.12. The lowest BCUT2D eigenvalue weighted by Crippen LogP contribution is -2.40. The number of ketones is 1. The Kier molecular flexibility index (Phi) is 3.97. The van der Waals surface area contributed by atoms with E-state index in [-0.39, 0.29) is 17.9 Å². The summed E-state index contributed by atoms with van der Waals surface area (Å²) in [6, 6.07) is 8.72. The quantitative estimate of drug-likeness (QED) is 0.771. The number of rotatable bonds is 3. The predicted molar refractivity (Wildman–Crippen MR) is 67.5 cm³/mol. The maximum atomic E-state index is 12.3. The molecule has 1 aliphatic rings. The van der Waals surface area contributed by atoms with Gasteiger partial charge in [-0.3, -0.25) is 9.69 Å². The molecule has 1 fully saturated rings. The van der Waals surface area contributed by atoms with E-state index >= 15 is 0 Å². The molecule has 0 radical (unpaired) electrons. The first-order valence-electron chi connectivity index (χ1n) is 6.26. The molecule has 0 N–H and O–H groups in total. The molecule has 0 aliphatic carbocycles. The van der Waals surface area contributed by atoms with Gasteiger partial charge in [-0.05, 0) is 19.8 Å². The molecule has 4 heteroatoms. The molecule has 4 nitrogen and oxygen atoms in total. The number of hydrogen-bond acceptors (Lipinski definition) is 3. The third-order valence-electron chi connectivity index (χ3n) is 3.12. The van der Waals surface area contributed by atoms with Crippen molar-refractivity contribution in [2.45, 2.75) is 25.8 Å². The van der Waals surface area contributed by atoms with E-state index in [4.69, 9.17) is 4.74 Å². The summed E-state index contributed by atoms with van der Waals surface area (Å²) in [4.78, 5) is 25.6. The van der Waals surface area contributed by atoms with Crippen molar-refractivity contribution in [2.24, 2.45) is 0 Å². The van der Waals surface area contributed by atoms with Crippen molar-refractivity contribution < 1.29 is 14.3 Å². The van der Waals surface area contributed by atoms with E-state index in [1.165, 1.54) is 0 Å². The Morgan fingerprint density at radius 1 is 1.33 bits per heavy atom. The van der Waals surface area contributed by atoms with E-state index in [1.54, 1.807) is 24.0 Å². The summed E-state index contributed by atoms with van der Waals surface area (Å²) in [5.41, 5.74) is 0.652. The lowest BCUT2D eigenvalue weighted by Gasteiger charge is -2.22. The van der Waals surface area contributed by atoms with Gasteiger partial charge in [0.15, 0.2) is 5.78 Å². The van der Waals surface area contributed by atoms with Gasteiger partial charge in [0.05, 0.1) is 12.6 Å². The minimum absolute atomic E-state index is 0.00107. The monoisotopic (exact) mass is 247 g/mol. The van der Waals surface area contributed by atoms with Crippen LogP contribution in [-0.2, 0) is 4.74 Å². The molecule has 18 heavy (non-hydrogen) atoms. The number of Topliss-reactive ketones (excluding diaryl/α,β-unsaturated/α-hetero) is 1. The Hall–Kier alpha value is -1.84. The van der Waals surface area contributed by atoms with Gasteiger partial charge in [0.25, 0.3) is 0 Å². The number of hydrogen-bond donors (Lipinski definition) is 0. The van der Waals surface area contributed by atoms with E-state index < -0.39 is 0 Å². The average Bonchev–Trinajstić information content (AvgIpc) is 2.88. The van der Waals surface area contributed by atoms with Crippen LogP contribution in [0.25, 0.3) is 0 Å². The van der Waals surface area contributed by atoms with Crippen LogP contribution in [0.5, 0.6) is 0 Å². The second-order valence-corrected chi connectivity index (χ2v) is 4.28. The third kappa shape index (κ3) is 2.53. The van der Waals surface area contributed by atoms with E-state index in [0.717, 1.165) is 6.42 Å². The van der Waals surface area contributed by atoms with Crippen LogP contribution in [0.15, 0.2) is 30.3 Å². The van der Waals surface area contributed by atoms with Gasteiger partial charge in [0, 0.05) is 12.1 Å². The molecule has 1 aromatic carbocycles. The van der Waals surface area contributed by atoms with E-state index in [9.17, 15) is 9.59 Å². The maximum Gasteiger partial charge on any atom is 0.410 e. The minimum Gasteiger partial charge on any atom is -0.450 e. The van der Waals surface area contributed by atoms with Gasteiger partial charge in [-0.15, -0.1) is 0 Å². The number of nitrogens with zero attached hydrogens (tertiary/aromatic N) is 1. The molecule has 1 heterocycles. The second-order valence-electron chi connectivity index (χ2n) is 4.28. The number of amides is 1. The zero-order valence-corrected chi connectivity index (χ0v) is 10.5. The van der Waals surface area contributed by atoms with Crippen molar-refractivity contribution in [1.82, 2.24) is 4.90 Å². The largest absolute Gasteiger partial charge is 0.450 e. The van der Waals surface area contributed by atoms with Crippen LogP contribution in [0.3, 0.4) is 0 Å². The molecule has 0 saturated carbocycles.